The van der Waals surface area contributed by atoms with Crippen molar-refractivity contribution in [2.45, 2.75) is 69.7 Å². The third-order valence-electron chi connectivity index (χ3n) is 3.49. The standard InChI is InChI=1S/C13H25NO6/c1-2-3-4-5-6-9(16)14-10-12(18)11(17)8(7-15)20-13(10)19/h8,10-13,15,17-19H,2-7H2,1H3,(H,14,16)/t8?,10-,11-,12-,13+/m1/s1. The molecule has 5 N–H and O–H groups in total. The van der Waals surface area contributed by atoms with Crippen LogP contribution in [0.4, 0.5) is 0 Å². The SMILES string of the molecule is CCCCCCC(=O)N[C@@H]1[C@@H](O)[C@H](O)C(CO)O[C@@H]1O. The highest BCUT2D eigenvalue weighted by Gasteiger charge is 2.44. The Labute approximate surface area is 118 Å². The molecule has 1 rings (SSSR count). The summed E-state index contributed by atoms with van der Waals surface area (Å²) >= 11 is 0. The maximum atomic E-state index is 11.7. The average molecular weight is 291 g/mol. The molecule has 0 radical (unpaired) electrons. The van der Waals surface area contributed by atoms with Gasteiger partial charge in [0.1, 0.15) is 24.4 Å². The number of rotatable bonds is 7. The molecule has 0 aromatic heterocycles. The number of carbonyl (C=O) groups is 1. The van der Waals surface area contributed by atoms with Crippen molar-refractivity contribution in [3.63, 3.8) is 0 Å². The lowest BCUT2D eigenvalue weighted by Crippen LogP contribution is -2.64. The number of carbonyl (C=O) groups excluding carboxylic acids is 1. The smallest absolute Gasteiger partial charge is 0.220 e. The fourth-order valence-electron chi connectivity index (χ4n) is 2.22. The maximum Gasteiger partial charge on any atom is 0.220 e. The van der Waals surface area contributed by atoms with Crippen LogP contribution in [0.25, 0.3) is 0 Å². The van der Waals surface area contributed by atoms with E-state index in [1.165, 1.54) is 0 Å². The van der Waals surface area contributed by atoms with Crippen LogP contribution in [0, 0.1) is 0 Å². The molecule has 0 aliphatic carbocycles. The molecule has 5 atom stereocenters. The van der Waals surface area contributed by atoms with Gasteiger partial charge in [0.25, 0.3) is 0 Å². The van der Waals surface area contributed by atoms with Gasteiger partial charge in [-0.15, -0.1) is 0 Å². The maximum absolute atomic E-state index is 11.7. The van der Waals surface area contributed by atoms with Crippen LogP contribution in [-0.4, -0.2) is 63.6 Å². The minimum absolute atomic E-state index is 0.301. The lowest BCUT2D eigenvalue weighted by Gasteiger charge is -2.40. The fraction of sp³-hybridized carbons (Fsp3) is 0.923. The van der Waals surface area contributed by atoms with Crippen molar-refractivity contribution in [3.05, 3.63) is 0 Å². The number of aliphatic hydroxyl groups excluding tert-OH is 4. The zero-order valence-electron chi connectivity index (χ0n) is 11.7. The molecule has 1 amide bonds. The molecule has 1 fully saturated rings. The zero-order valence-corrected chi connectivity index (χ0v) is 11.7. The Balaban J connectivity index is 2.43. The van der Waals surface area contributed by atoms with Gasteiger partial charge in [0, 0.05) is 6.42 Å². The minimum Gasteiger partial charge on any atom is -0.394 e. The van der Waals surface area contributed by atoms with Crippen LogP contribution in [0.15, 0.2) is 0 Å². The van der Waals surface area contributed by atoms with Crippen molar-refractivity contribution in [3.8, 4) is 0 Å². The highest BCUT2D eigenvalue weighted by atomic mass is 16.6. The number of ether oxygens (including phenoxy) is 1. The van der Waals surface area contributed by atoms with Crippen LogP contribution in [0.3, 0.4) is 0 Å². The van der Waals surface area contributed by atoms with E-state index >= 15 is 0 Å². The van der Waals surface area contributed by atoms with Crippen LogP contribution in [0.2, 0.25) is 0 Å². The molecule has 1 aliphatic heterocycles. The molecule has 7 heteroatoms. The van der Waals surface area contributed by atoms with Gasteiger partial charge in [0.05, 0.1) is 6.61 Å². The third-order valence-corrected chi connectivity index (χ3v) is 3.49. The quantitative estimate of drug-likeness (QED) is 0.379. The van der Waals surface area contributed by atoms with Crippen molar-refractivity contribution in [1.82, 2.24) is 5.32 Å². The van der Waals surface area contributed by atoms with Crippen LogP contribution in [0.5, 0.6) is 0 Å². The second kappa shape index (κ2) is 8.53. The van der Waals surface area contributed by atoms with Gasteiger partial charge < -0.3 is 30.5 Å². The van der Waals surface area contributed by atoms with Gasteiger partial charge in [-0.2, -0.15) is 0 Å². The second-order valence-electron chi connectivity index (χ2n) is 5.13. The van der Waals surface area contributed by atoms with E-state index in [-0.39, 0.29) is 5.91 Å². The number of hydrogen-bond donors (Lipinski definition) is 5. The van der Waals surface area contributed by atoms with Crippen LogP contribution in [-0.2, 0) is 9.53 Å². The first kappa shape index (κ1) is 17.3. The first-order valence-corrected chi connectivity index (χ1v) is 7.11. The molecule has 0 aromatic carbocycles. The Hall–Kier alpha value is -0.730. The molecule has 118 valence electrons. The topological polar surface area (TPSA) is 119 Å². The number of unbranched alkanes of at least 4 members (excludes halogenated alkanes) is 3. The predicted octanol–water partition coefficient (Wildman–Crippen LogP) is -1.13. The summed E-state index contributed by atoms with van der Waals surface area (Å²) in [4.78, 5) is 11.7. The van der Waals surface area contributed by atoms with E-state index in [1.807, 2.05) is 0 Å². The van der Waals surface area contributed by atoms with E-state index in [2.05, 4.69) is 12.2 Å². The monoisotopic (exact) mass is 291 g/mol. The first-order valence-electron chi connectivity index (χ1n) is 7.11. The fourth-order valence-corrected chi connectivity index (χ4v) is 2.22. The summed E-state index contributed by atoms with van der Waals surface area (Å²) in [7, 11) is 0. The van der Waals surface area contributed by atoms with Crippen LogP contribution >= 0.6 is 0 Å². The lowest BCUT2D eigenvalue weighted by molar-refractivity contribution is -0.253. The van der Waals surface area contributed by atoms with E-state index in [0.29, 0.717) is 6.42 Å². The summed E-state index contributed by atoms with van der Waals surface area (Å²) in [5, 5.41) is 40.6. The normalized spacial score (nSPS) is 34.0. The van der Waals surface area contributed by atoms with Crippen LogP contribution < -0.4 is 5.32 Å². The molecule has 20 heavy (non-hydrogen) atoms. The summed E-state index contributed by atoms with van der Waals surface area (Å²) in [6, 6.07) is -1.09. The summed E-state index contributed by atoms with van der Waals surface area (Å²) in [5.41, 5.74) is 0. The molecule has 0 bridgehead atoms. The highest BCUT2D eigenvalue weighted by Crippen LogP contribution is 2.19. The van der Waals surface area contributed by atoms with Gasteiger partial charge in [0.2, 0.25) is 5.91 Å². The number of amides is 1. The summed E-state index contributed by atoms with van der Waals surface area (Å²) < 4.78 is 4.96. The molecule has 1 aliphatic rings. The number of hydrogen-bond acceptors (Lipinski definition) is 6. The van der Waals surface area contributed by atoms with Gasteiger partial charge >= 0.3 is 0 Å². The molecule has 1 unspecified atom stereocenters. The molecular weight excluding hydrogens is 266 g/mol. The molecule has 0 spiro atoms. The molecule has 1 saturated heterocycles. The van der Waals surface area contributed by atoms with Gasteiger partial charge in [-0.1, -0.05) is 26.2 Å². The Morgan fingerprint density at radius 2 is 1.85 bits per heavy atom. The van der Waals surface area contributed by atoms with Crippen molar-refractivity contribution in [2.24, 2.45) is 0 Å². The number of aliphatic hydroxyl groups is 4. The van der Waals surface area contributed by atoms with Crippen molar-refractivity contribution >= 4 is 5.91 Å². The minimum atomic E-state index is -1.45. The van der Waals surface area contributed by atoms with Crippen molar-refractivity contribution in [2.75, 3.05) is 6.61 Å². The number of nitrogens with one attached hydrogen (secondary N) is 1. The summed E-state index contributed by atoms with van der Waals surface area (Å²) in [6.07, 6.45) is -1.12. The predicted molar refractivity (Wildman–Crippen MR) is 70.7 cm³/mol. The highest BCUT2D eigenvalue weighted by molar-refractivity contribution is 5.76. The summed E-state index contributed by atoms with van der Waals surface area (Å²) in [6.45, 7) is 1.55. The van der Waals surface area contributed by atoms with Gasteiger partial charge in [-0.05, 0) is 6.42 Å². The lowest BCUT2D eigenvalue weighted by atomic mass is 9.97. The van der Waals surface area contributed by atoms with E-state index in [9.17, 15) is 20.1 Å². The molecule has 0 saturated carbocycles. The van der Waals surface area contributed by atoms with E-state index < -0.39 is 37.3 Å². The Kier molecular flexibility index (Phi) is 7.39. The van der Waals surface area contributed by atoms with Crippen molar-refractivity contribution < 1.29 is 30.0 Å². The Bertz CT molecular complexity index is 301. The Morgan fingerprint density at radius 1 is 1.15 bits per heavy atom. The average Bonchev–Trinajstić information content (AvgIpc) is 2.43. The first-order chi connectivity index (χ1) is 9.51. The third kappa shape index (κ3) is 4.68. The van der Waals surface area contributed by atoms with Gasteiger partial charge in [0.15, 0.2) is 6.29 Å². The molecular formula is C13H25NO6. The van der Waals surface area contributed by atoms with E-state index in [0.717, 1.165) is 25.7 Å². The van der Waals surface area contributed by atoms with Gasteiger partial charge in [-0.3, -0.25) is 4.79 Å². The largest absolute Gasteiger partial charge is 0.394 e. The zero-order chi connectivity index (χ0) is 15.1. The van der Waals surface area contributed by atoms with E-state index in [4.69, 9.17) is 9.84 Å². The van der Waals surface area contributed by atoms with Crippen LogP contribution in [0.1, 0.15) is 39.0 Å². The van der Waals surface area contributed by atoms with Gasteiger partial charge in [-0.25, -0.2) is 0 Å². The molecule has 7 nitrogen and oxygen atoms in total. The Morgan fingerprint density at radius 3 is 2.45 bits per heavy atom. The summed E-state index contributed by atoms with van der Waals surface area (Å²) in [5.74, 6) is -0.303. The molecule has 1 heterocycles. The van der Waals surface area contributed by atoms with Crippen molar-refractivity contribution in [1.29, 1.82) is 0 Å². The van der Waals surface area contributed by atoms with E-state index in [1.54, 1.807) is 0 Å². The molecule has 0 aromatic rings. The second-order valence-corrected chi connectivity index (χ2v) is 5.13.